The van der Waals surface area contributed by atoms with Gasteiger partial charge in [0.1, 0.15) is 0 Å². The smallest absolute Gasteiger partial charge is 0.231 e. The molecule has 1 aliphatic carbocycles. The second-order valence-corrected chi connectivity index (χ2v) is 6.53. The molecule has 0 saturated heterocycles. The van der Waals surface area contributed by atoms with Crippen molar-refractivity contribution in [2.75, 3.05) is 7.05 Å². The molecule has 1 aromatic heterocycles. The van der Waals surface area contributed by atoms with E-state index >= 15 is 0 Å². The van der Waals surface area contributed by atoms with Gasteiger partial charge in [0.25, 0.3) is 0 Å². The molecule has 0 spiro atoms. The van der Waals surface area contributed by atoms with Gasteiger partial charge in [0, 0.05) is 12.0 Å². The molecule has 4 nitrogen and oxygen atoms in total. The van der Waals surface area contributed by atoms with Crippen molar-refractivity contribution in [3.63, 3.8) is 0 Å². The molecule has 20 heavy (non-hydrogen) atoms. The van der Waals surface area contributed by atoms with E-state index in [1.165, 1.54) is 38.5 Å². The minimum absolute atomic E-state index is 0.284. The lowest BCUT2D eigenvalue weighted by molar-refractivity contribution is 0.283. The van der Waals surface area contributed by atoms with E-state index in [1.54, 1.807) is 0 Å². The standard InChI is InChI=1S/C16H29N3O/c1-11(2)14(12(3)17-4)16-18-15(19-20-16)13-9-7-5-6-8-10-13/h11-14,17H,5-10H2,1-4H3. The summed E-state index contributed by atoms with van der Waals surface area (Å²) in [5.41, 5.74) is 0. The highest BCUT2D eigenvalue weighted by Crippen LogP contribution is 2.32. The summed E-state index contributed by atoms with van der Waals surface area (Å²) in [6.07, 6.45) is 7.74. The first-order valence-electron chi connectivity index (χ1n) is 8.14. The zero-order valence-electron chi connectivity index (χ0n) is 13.4. The Balaban J connectivity index is 2.13. The van der Waals surface area contributed by atoms with Crippen LogP contribution in [0.2, 0.25) is 0 Å². The topological polar surface area (TPSA) is 51.0 Å². The van der Waals surface area contributed by atoms with Gasteiger partial charge in [-0.2, -0.15) is 4.98 Å². The Bertz CT molecular complexity index is 394. The molecule has 1 saturated carbocycles. The Morgan fingerprint density at radius 2 is 1.75 bits per heavy atom. The highest BCUT2D eigenvalue weighted by Gasteiger charge is 2.29. The van der Waals surface area contributed by atoms with Gasteiger partial charge in [-0.05, 0) is 32.7 Å². The predicted molar refractivity (Wildman–Crippen MR) is 80.8 cm³/mol. The monoisotopic (exact) mass is 279 g/mol. The largest absolute Gasteiger partial charge is 0.339 e. The van der Waals surface area contributed by atoms with E-state index in [9.17, 15) is 0 Å². The van der Waals surface area contributed by atoms with Crippen molar-refractivity contribution < 1.29 is 4.52 Å². The highest BCUT2D eigenvalue weighted by atomic mass is 16.5. The molecule has 2 rings (SSSR count). The summed E-state index contributed by atoms with van der Waals surface area (Å²) < 4.78 is 5.60. The van der Waals surface area contributed by atoms with E-state index in [0.717, 1.165) is 11.7 Å². The molecule has 1 heterocycles. The van der Waals surface area contributed by atoms with Crippen LogP contribution < -0.4 is 5.32 Å². The third kappa shape index (κ3) is 3.60. The molecule has 2 unspecified atom stereocenters. The van der Waals surface area contributed by atoms with Gasteiger partial charge in [0.15, 0.2) is 5.82 Å². The van der Waals surface area contributed by atoms with Gasteiger partial charge in [0.2, 0.25) is 5.89 Å². The second kappa shape index (κ2) is 7.21. The average molecular weight is 279 g/mol. The van der Waals surface area contributed by atoms with Crippen LogP contribution in [0.25, 0.3) is 0 Å². The third-order valence-electron chi connectivity index (χ3n) is 4.68. The molecule has 0 amide bonds. The van der Waals surface area contributed by atoms with Crippen LogP contribution in [0.1, 0.15) is 82.8 Å². The van der Waals surface area contributed by atoms with E-state index in [-0.39, 0.29) is 5.92 Å². The van der Waals surface area contributed by atoms with Gasteiger partial charge >= 0.3 is 0 Å². The first-order chi connectivity index (χ1) is 9.63. The number of aromatic nitrogens is 2. The minimum atomic E-state index is 0.284. The Morgan fingerprint density at radius 3 is 2.30 bits per heavy atom. The van der Waals surface area contributed by atoms with Crippen LogP contribution in [0.5, 0.6) is 0 Å². The summed E-state index contributed by atoms with van der Waals surface area (Å²) >= 11 is 0. The SMILES string of the molecule is CNC(C)C(c1nc(C2CCCCCC2)no1)C(C)C. The minimum Gasteiger partial charge on any atom is -0.339 e. The summed E-state index contributed by atoms with van der Waals surface area (Å²) in [6, 6.07) is 0.345. The molecule has 0 aliphatic heterocycles. The van der Waals surface area contributed by atoms with Crippen molar-refractivity contribution in [1.29, 1.82) is 0 Å². The van der Waals surface area contributed by atoms with Crippen LogP contribution in [0.15, 0.2) is 4.52 Å². The zero-order chi connectivity index (χ0) is 14.5. The lowest BCUT2D eigenvalue weighted by Gasteiger charge is -2.23. The number of nitrogens with one attached hydrogen (secondary N) is 1. The fourth-order valence-corrected chi connectivity index (χ4v) is 3.34. The van der Waals surface area contributed by atoms with Crippen LogP contribution in [-0.4, -0.2) is 23.2 Å². The normalized spacial score (nSPS) is 20.9. The fraction of sp³-hybridized carbons (Fsp3) is 0.875. The third-order valence-corrected chi connectivity index (χ3v) is 4.68. The second-order valence-electron chi connectivity index (χ2n) is 6.53. The molecule has 0 aromatic carbocycles. The van der Waals surface area contributed by atoms with Gasteiger partial charge in [-0.25, -0.2) is 0 Å². The summed E-state index contributed by atoms with van der Waals surface area (Å²) in [7, 11) is 1.99. The summed E-state index contributed by atoms with van der Waals surface area (Å²) in [5, 5.41) is 7.60. The molecule has 0 radical (unpaired) electrons. The van der Waals surface area contributed by atoms with Crippen LogP contribution >= 0.6 is 0 Å². The number of likely N-dealkylation sites (N-methyl/N-ethyl adjacent to an activating group) is 1. The summed E-state index contributed by atoms with van der Waals surface area (Å²) in [4.78, 5) is 4.75. The number of hydrogen-bond donors (Lipinski definition) is 1. The van der Waals surface area contributed by atoms with Gasteiger partial charge in [-0.3, -0.25) is 0 Å². The molecule has 0 bridgehead atoms. The maximum Gasteiger partial charge on any atom is 0.231 e. The maximum absolute atomic E-state index is 5.60. The first-order valence-corrected chi connectivity index (χ1v) is 8.14. The predicted octanol–water partition coefficient (Wildman–Crippen LogP) is 3.85. The maximum atomic E-state index is 5.60. The summed E-state index contributed by atoms with van der Waals surface area (Å²) in [6.45, 7) is 6.61. The molecule has 1 N–H and O–H groups in total. The number of hydrogen-bond acceptors (Lipinski definition) is 4. The lowest BCUT2D eigenvalue weighted by atomic mass is 9.89. The van der Waals surface area contributed by atoms with Gasteiger partial charge in [-0.1, -0.05) is 44.7 Å². The number of nitrogens with zero attached hydrogens (tertiary/aromatic N) is 2. The molecule has 1 fully saturated rings. The quantitative estimate of drug-likeness (QED) is 0.832. The van der Waals surface area contributed by atoms with E-state index in [1.807, 2.05) is 7.05 Å². The molecule has 4 heteroatoms. The molecule has 1 aromatic rings. The van der Waals surface area contributed by atoms with Gasteiger partial charge in [0.05, 0.1) is 5.92 Å². The zero-order valence-corrected chi connectivity index (χ0v) is 13.4. The number of rotatable bonds is 5. The van der Waals surface area contributed by atoms with Crippen molar-refractivity contribution in [3.8, 4) is 0 Å². The van der Waals surface area contributed by atoms with E-state index in [4.69, 9.17) is 9.51 Å². The molecule has 114 valence electrons. The van der Waals surface area contributed by atoms with E-state index < -0.39 is 0 Å². The van der Waals surface area contributed by atoms with Gasteiger partial charge < -0.3 is 9.84 Å². The van der Waals surface area contributed by atoms with Crippen molar-refractivity contribution in [1.82, 2.24) is 15.5 Å². The Hall–Kier alpha value is -0.900. The van der Waals surface area contributed by atoms with Crippen molar-refractivity contribution >= 4 is 0 Å². The van der Waals surface area contributed by atoms with Crippen LogP contribution in [0.3, 0.4) is 0 Å². The first kappa shape index (κ1) is 15.5. The molecule has 2 atom stereocenters. The van der Waals surface area contributed by atoms with Crippen LogP contribution in [-0.2, 0) is 0 Å². The van der Waals surface area contributed by atoms with Crippen molar-refractivity contribution in [2.24, 2.45) is 5.92 Å². The average Bonchev–Trinajstić information content (AvgIpc) is 2.73. The lowest BCUT2D eigenvalue weighted by Crippen LogP contribution is -2.32. The van der Waals surface area contributed by atoms with Crippen molar-refractivity contribution in [2.45, 2.75) is 77.2 Å². The molecule has 1 aliphatic rings. The highest BCUT2D eigenvalue weighted by molar-refractivity contribution is 5.03. The molecular formula is C16H29N3O. The van der Waals surface area contributed by atoms with E-state index in [0.29, 0.717) is 17.9 Å². The van der Waals surface area contributed by atoms with E-state index in [2.05, 4.69) is 31.2 Å². The van der Waals surface area contributed by atoms with Crippen molar-refractivity contribution in [3.05, 3.63) is 11.7 Å². The Kier molecular flexibility index (Phi) is 5.58. The Labute approximate surface area is 122 Å². The van der Waals surface area contributed by atoms with Crippen LogP contribution in [0.4, 0.5) is 0 Å². The van der Waals surface area contributed by atoms with Crippen LogP contribution in [0, 0.1) is 5.92 Å². The fourth-order valence-electron chi connectivity index (χ4n) is 3.34. The Morgan fingerprint density at radius 1 is 1.10 bits per heavy atom. The van der Waals surface area contributed by atoms with Gasteiger partial charge in [-0.15, -0.1) is 0 Å². The molecular weight excluding hydrogens is 250 g/mol. The summed E-state index contributed by atoms with van der Waals surface area (Å²) in [5.74, 6) is 3.02.